The van der Waals surface area contributed by atoms with Gasteiger partial charge in [0.25, 0.3) is 0 Å². The van der Waals surface area contributed by atoms with Crippen LogP contribution in [0, 0.1) is 34.5 Å². The summed E-state index contributed by atoms with van der Waals surface area (Å²) < 4.78 is 0. The maximum absolute atomic E-state index is 12.0. The molecule has 0 radical (unpaired) electrons. The standard InChI is InChI=1S/C22H34O3/c1-14(13-23)17-6-7-18-19-5-4-15-12-16(24)8-9-21(15,3)22(19,25)11-10-20(17,18)2/h12,14,17-19,23,25H,4-11,13H2,1-3H3/t14-,17-,18+,19+,20-,21+,22-/m1/s1. The molecule has 140 valence electrons. The van der Waals surface area contributed by atoms with Crippen LogP contribution in [0.15, 0.2) is 11.6 Å². The molecule has 4 rings (SSSR count). The highest BCUT2D eigenvalue weighted by atomic mass is 16.3. The average molecular weight is 347 g/mol. The van der Waals surface area contributed by atoms with E-state index in [4.69, 9.17) is 0 Å². The summed E-state index contributed by atoms with van der Waals surface area (Å²) >= 11 is 0. The Hall–Kier alpha value is -0.670. The number of fused-ring (bicyclic) bond motifs is 5. The highest BCUT2D eigenvalue weighted by Crippen LogP contribution is 2.68. The highest BCUT2D eigenvalue weighted by Gasteiger charge is 2.65. The first-order valence-electron chi connectivity index (χ1n) is 10.3. The van der Waals surface area contributed by atoms with Crippen LogP contribution in [0.25, 0.3) is 0 Å². The first kappa shape index (κ1) is 17.7. The number of hydrogen-bond donors (Lipinski definition) is 2. The second-order valence-electron chi connectivity index (χ2n) is 9.99. The van der Waals surface area contributed by atoms with E-state index in [0.717, 1.165) is 32.1 Å². The number of aliphatic hydroxyl groups excluding tert-OH is 1. The molecule has 0 saturated heterocycles. The molecule has 7 atom stereocenters. The van der Waals surface area contributed by atoms with Gasteiger partial charge in [-0.2, -0.15) is 0 Å². The van der Waals surface area contributed by atoms with Gasteiger partial charge >= 0.3 is 0 Å². The summed E-state index contributed by atoms with van der Waals surface area (Å²) in [5.41, 5.74) is 0.594. The Morgan fingerprint density at radius 1 is 1.12 bits per heavy atom. The molecule has 3 saturated carbocycles. The molecule has 4 aliphatic carbocycles. The lowest BCUT2D eigenvalue weighted by Gasteiger charge is -2.63. The van der Waals surface area contributed by atoms with E-state index in [9.17, 15) is 15.0 Å². The molecule has 0 spiro atoms. The van der Waals surface area contributed by atoms with Crippen LogP contribution in [-0.4, -0.2) is 28.2 Å². The van der Waals surface area contributed by atoms with E-state index in [1.165, 1.54) is 18.4 Å². The smallest absolute Gasteiger partial charge is 0.155 e. The Morgan fingerprint density at radius 3 is 2.60 bits per heavy atom. The minimum Gasteiger partial charge on any atom is -0.396 e. The van der Waals surface area contributed by atoms with E-state index < -0.39 is 5.60 Å². The van der Waals surface area contributed by atoms with Crippen LogP contribution in [0.3, 0.4) is 0 Å². The van der Waals surface area contributed by atoms with Crippen molar-refractivity contribution in [3.63, 3.8) is 0 Å². The number of ketones is 1. The van der Waals surface area contributed by atoms with Gasteiger partial charge in [0.1, 0.15) is 0 Å². The van der Waals surface area contributed by atoms with Crippen molar-refractivity contribution in [2.75, 3.05) is 6.61 Å². The zero-order valence-electron chi connectivity index (χ0n) is 16.1. The topological polar surface area (TPSA) is 57.5 Å². The van der Waals surface area contributed by atoms with Crippen molar-refractivity contribution < 1.29 is 15.0 Å². The van der Waals surface area contributed by atoms with Gasteiger partial charge in [0.2, 0.25) is 0 Å². The summed E-state index contributed by atoms with van der Waals surface area (Å²) in [7, 11) is 0. The number of hydrogen-bond acceptors (Lipinski definition) is 3. The van der Waals surface area contributed by atoms with Gasteiger partial charge in [-0.3, -0.25) is 4.79 Å². The summed E-state index contributed by atoms with van der Waals surface area (Å²) in [5, 5.41) is 21.7. The molecule has 0 unspecified atom stereocenters. The fourth-order valence-corrected chi connectivity index (χ4v) is 7.60. The van der Waals surface area contributed by atoms with E-state index >= 15 is 0 Å². The molecular formula is C22H34O3. The third kappa shape index (κ3) is 2.21. The number of aliphatic hydroxyl groups is 2. The van der Waals surface area contributed by atoms with Gasteiger partial charge in [-0.1, -0.05) is 26.3 Å². The van der Waals surface area contributed by atoms with Crippen molar-refractivity contribution in [2.45, 2.75) is 77.7 Å². The van der Waals surface area contributed by atoms with Gasteiger partial charge in [-0.25, -0.2) is 0 Å². The molecule has 0 aromatic rings. The Balaban J connectivity index is 1.70. The SMILES string of the molecule is C[C@H](CO)[C@H]1CC[C@H]2[C@@H]3CCC4=CC(=O)CC[C@]4(C)[C@@]3(O)CC[C@]12C. The summed E-state index contributed by atoms with van der Waals surface area (Å²) in [5.74, 6) is 2.07. The predicted octanol–water partition coefficient (Wildman–Crippen LogP) is 3.88. The van der Waals surface area contributed by atoms with Crippen LogP contribution < -0.4 is 0 Å². The monoisotopic (exact) mass is 346 g/mol. The fraction of sp³-hybridized carbons (Fsp3) is 0.864. The molecule has 4 aliphatic rings. The van der Waals surface area contributed by atoms with Crippen molar-refractivity contribution in [1.29, 1.82) is 0 Å². The molecule has 0 aromatic heterocycles. The van der Waals surface area contributed by atoms with E-state index in [2.05, 4.69) is 20.8 Å². The lowest BCUT2D eigenvalue weighted by atomic mass is 9.44. The molecule has 3 fully saturated rings. The van der Waals surface area contributed by atoms with Crippen LogP contribution in [0.2, 0.25) is 0 Å². The lowest BCUT2D eigenvalue weighted by molar-refractivity contribution is -0.194. The van der Waals surface area contributed by atoms with Gasteiger partial charge in [-0.05, 0) is 80.1 Å². The Bertz CT molecular complexity index is 610. The van der Waals surface area contributed by atoms with Crippen LogP contribution in [0.1, 0.15) is 72.1 Å². The van der Waals surface area contributed by atoms with E-state index in [1.807, 2.05) is 6.08 Å². The molecule has 0 amide bonds. The molecule has 0 bridgehead atoms. The molecule has 0 heterocycles. The second kappa shape index (κ2) is 5.66. The maximum atomic E-state index is 12.0. The molecule has 0 aliphatic heterocycles. The summed E-state index contributed by atoms with van der Waals surface area (Å²) in [4.78, 5) is 11.9. The molecule has 2 N–H and O–H groups in total. The van der Waals surface area contributed by atoms with Crippen LogP contribution >= 0.6 is 0 Å². The number of carbonyl (C=O) groups excluding carboxylic acids is 1. The van der Waals surface area contributed by atoms with Gasteiger partial charge in [-0.15, -0.1) is 0 Å². The fourth-order valence-electron chi connectivity index (χ4n) is 7.60. The first-order valence-corrected chi connectivity index (χ1v) is 10.3. The van der Waals surface area contributed by atoms with Crippen LogP contribution in [0.5, 0.6) is 0 Å². The molecule has 3 heteroatoms. The third-order valence-electron chi connectivity index (χ3n) is 9.20. The number of rotatable bonds is 2. The molecular weight excluding hydrogens is 312 g/mol. The minimum atomic E-state index is -0.653. The van der Waals surface area contributed by atoms with Gasteiger partial charge in [0, 0.05) is 18.4 Å². The minimum absolute atomic E-state index is 0.216. The largest absolute Gasteiger partial charge is 0.396 e. The normalized spacial score (nSPS) is 50.5. The van der Waals surface area contributed by atoms with Crippen molar-refractivity contribution in [1.82, 2.24) is 0 Å². The van der Waals surface area contributed by atoms with E-state index in [1.54, 1.807) is 0 Å². The van der Waals surface area contributed by atoms with E-state index in [0.29, 0.717) is 30.1 Å². The van der Waals surface area contributed by atoms with Crippen molar-refractivity contribution in [3.05, 3.63) is 11.6 Å². The Kier molecular flexibility index (Phi) is 4.01. The van der Waals surface area contributed by atoms with Gasteiger partial charge in [0.05, 0.1) is 5.60 Å². The summed E-state index contributed by atoms with van der Waals surface area (Å²) in [6.45, 7) is 7.12. The zero-order valence-corrected chi connectivity index (χ0v) is 16.1. The lowest BCUT2D eigenvalue weighted by Crippen LogP contribution is -2.63. The van der Waals surface area contributed by atoms with Crippen molar-refractivity contribution in [2.24, 2.45) is 34.5 Å². The highest BCUT2D eigenvalue weighted by molar-refractivity contribution is 5.91. The van der Waals surface area contributed by atoms with E-state index in [-0.39, 0.29) is 23.2 Å². The van der Waals surface area contributed by atoms with Gasteiger partial charge in [0.15, 0.2) is 5.78 Å². The third-order valence-corrected chi connectivity index (χ3v) is 9.20. The average Bonchev–Trinajstić information content (AvgIpc) is 2.93. The van der Waals surface area contributed by atoms with Crippen LogP contribution in [0.4, 0.5) is 0 Å². The Morgan fingerprint density at radius 2 is 1.88 bits per heavy atom. The molecule has 25 heavy (non-hydrogen) atoms. The van der Waals surface area contributed by atoms with Crippen molar-refractivity contribution >= 4 is 5.78 Å². The van der Waals surface area contributed by atoms with Crippen LogP contribution in [-0.2, 0) is 4.79 Å². The Labute approximate surface area is 151 Å². The van der Waals surface area contributed by atoms with Crippen molar-refractivity contribution in [3.8, 4) is 0 Å². The summed E-state index contributed by atoms with van der Waals surface area (Å²) in [6, 6.07) is 0. The number of carbonyl (C=O) groups is 1. The summed E-state index contributed by atoms with van der Waals surface area (Å²) in [6.07, 6.45) is 9.52. The maximum Gasteiger partial charge on any atom is 0.155 e. The first-order chi connectivity index (χ1) is 11.8. The second-order valence-corrected chi connectivity index (χ2v) is 9.99. The van der Waals surface area contributed by atoms with Gasteiger partial charge < -0.3 is 10.2 Å². The predicted molar refractivity (Wildman–Crippen MR) is 97.9 cm³/mol. The molecule has 0 aromatic carbocycles. The quantitative estimate of drug-likeness (QED) is 0.798. The molecule has 3 nitrogen and oxygen atoms in total. The zero-order chi connectivity index (χ0) is 18.0.